The lowest BCUT2D eigenvalue weighted by Gasteiger charge is -2.30. The largest absolute Gasteiger partial charge is 0.356 e. The molecule has 0 N–H and O–H groups in total. The fourth-order valence-electron chi connectivity index (χ4n) is 2.03. The van der Waals surface area contributed by atoms with E-state index in [0.29, 0.717) is 5.38 Å². The lowest BCUT2D eigenvalue weighted by atomic mass is 10.1. The number of halogens is 1. The van der Waals surface area contributed by atoms with Crippen LogP contribution in [-0.4, -0.2) is 28.4 Å². The minimum Gasteiger partial charge on any atom is -0.356 e. The first-order valence-electron chi connectivity index (χ1n) is 5.99. The zero-order valence-electron chi connectivity index (χ0n) is 9.69. The average molecular weight is 240 g/mol. The predicted octanol–water partition coefficient (Wildman–Crippen LogP) is 2.64. The molecule has 1 fully saturated rings. The Morgan fingerprint density at radius 2 is 2.12 bits per heavy atom. The second kappa shape index (κ2) is 5.48. The van der Waals surface area contributed by atoms with Crippen molar-refractivity contribution in [1.29, 1.82) is 0 Å². The van der Waals surface area contributed by atoms with Gasteiger partial charge in [-0.1, -0.05) is 13.3 Å². The van der Waals surface area contributed by atoms with Crippen molar-refractivity contribution in [2.45, 2.75) is 38.0 Å². The molecule has 0 aromatic carbocycles. The Kier molecular flexibility index (Phi) is 3.99. The zero-order chi connectivity index (χ0) is 11.4. The summed E-state index contributed by atoms with van der Waals surface area (Å²) < 4.78 is 0. The molecule has 2 rings (SSSR count). The summed E-state index contributed by atoms with van der Waals surface area (Å²) in [7, 11) is 0. The number of hydrogen-bond acceptors (Lipinski definition) is 3. The van der Waals surface area contributed by atoms with E-state index < -0.39 is 0 Å². The van der Waals surface area contributed by atoms with Gasteiger partial charge in [0.05, 0.1) is 0 Å². The highest BCUT2D eigenvalue weighted by Crippen LogP contribution is 2.20. The molecule has 1 aliphatic rings. The van der Waals surface area contributed by atoms with Crippen LogP contribution >= 0.6 is 11.6 Å². The summed E-state index contributed by atoms with van der Waals surface area (Å²) in [6.45, 7) is 4.19. The van der Waals surface area contributed by atoms with E-state index in [2.05, 4.69) is 27.9 Å². The molecule has 88 valence electrons. The molecular formula is C12H18ClN3. The molecule has 0 saturated carbocycles. The van der Waals surface area contributed by atoms with Gasteiger partial charge in [-0.3, -0.25) is 0 Å². The van der Waals surface area contributed by atoms with Gasteiger partial charge in [0.15, 0.2) is 0 Å². The van der Waals surface area contributed by atoms with Gasteiger partial charge in [-0.25, -0.2) is 9.97 Å². The van der Waals surface area contributed by atoms with Gasteiger partial charge in [0.2, 0.25) is 0 Å². The monoisotopic (exact) mass is 239 g/mol. The van der Waals surface area contributed by atoms with Crippen molar-refractivity contribution in [2.75, 3.05) is 18.0 Å². The Bertz CT molecular complexity index is 335. The molecule has 2 heterocycles. The summed E-state index contributed by atoms with van der Waals surface area (Å²) in [4.78, 5) is 10.9. The number of aryl methyl sites for hydroxylation is 1. The lowest BCUT2D eigenvalue weighted by Crippen LogP contribution is -2.34. The second-order valence-corrected chi connectivity index (χ2v) is 4.90. The molecule has 1 aromatic rings. The third-order valence-electron chi connectivity index (χ3n) is 2.96. The Balaban J connectivity index is 2.05. The summed E-state index contributed by atoms with van der Waals surface area (Å²) >= 11 is 6.09. The maximum atomic E-state index is 6.09. The molecule has 3 nitrogen and oxygen atoms in total. The van der Waals surface area contributed by atoms with Crippen LogP contribution in [0.5, 0.6) is 0 Å². The number of nitrogens with zero attached hydrogens (tertiary/aromatic N) is 3. The molecule has 0 radical (unpaired) electrons. The highest BCUT2D eigenvalue weighted by atomic mass is 35.5. The van der Waals surface area contributed by atoms with E-state index >= 15 is 0 Å². The van der Waals surface area contributed by atoms with Crippen LogP contribution in [0.2, 0.25) is 0 Å². The Labute approximate surface area is 102 Å². The van der Waals surface area contributed by atoms with E-state index in [-0.39, 0.29) is 0 Å². The van der Waals surface area contributed by atoms with Crippen LogP contribution in [0.4, 0.5) is 5.82 Å². The van der Waals surface area contributed by atoms with Crippen molar-refractivity contribution in [3.05, 3.63) is 18.1 Å². The van der Waals surface area contributed by atoms with E-state index in [4.69, 9.17) is 11.6 Å². The Morgan fingerprint density at radius 1 is 1.38 bits per heavy atom. The quantitative estimate of drug-likeness (QED) is 0.760. The SMILES string of the molecule is CCCc1cc(N2CCC(Cl)CC2)ncn1. The molecule has 1 saturated heterocycles. The van der Waals surface area contributed by atoms with Crippen LogP contribution < -0.4 is 4.90 Å². The van der Waals surface area contributed by atoms with E-state index in [9.17, 15) is 0 Å². The van der Waals surface area contributed by atoms with Crippen molar-refractivity contribution in [3.8, 4) is 0 Å². The smallest absolute Gasteiger partial charge is 0.132 e. The average Bonchev–Trinajstić information content (AvgIpc) is 2.31. The van der Waals surface area contributed by atoms with Crippen LogP contribution in [0.25, 0.3) is 0 Å². The van der Waals surface area contributed by atoms with E-state index in [1.807, 2.05) is 0 Å². The van der Waals surface area contributed by atoms with Crippen molar-refractivity contribution in [1.82, 2.24) is 9.97 Å². The van der Waals surface area contributed by atoms with Gasteiger partial charge in [0.1, 0.15) is 12.1 Å². The van der Waals surface area contributed by atoms with Crippen molar-refractivity contribution < 1.29 is 0 Å². The summed E-state index contributed by atoms with van der Waals surface area (Å²) in [5, 5.41) is 0.341. The molecular weight excluding hydrogens is 222 g/mol. The van der Waals surface area contributed by atoms with Crippen molar-refractivity contribution >= 4 is 17.4 Å². The maximum absolute atomic E-state index is 6.09. The number of piperidine rings is 1. The highest BCUT2D eigenvalue weighted by molar-refractivity contribution is 6.20. The third kappa shape index (κ3) is 2.85. The van der Waals surface area contributed by atoms with Crippen LogP contribution in [-0.2, 0) is 6.42 Å². The first-order valence-corrected chi connectivity index (χ1v) is 6.43. The summed E-state index contributed by atoms with van der Waals surface area (Å²) in [5.74, 6) is 1.06. The highest BCUT2D eigenvalue weighted by Gasteiger charge is 2.18. The summed E-state index contributed by atoms with van der Waals surface area (Å²) in [6, 6.07) is 2.11. The molecule has 0 amide bonds. The number of aromatic nitrogens is 2. The van der Waals surface area contributed by atoms with Crippen molar-refractivity contribution in [2.24, 2.45) is 0 Å². The maximum Gasteiger partial charge on any atom is 0.132 e. The van der Waals surface area contributed by atoms with Crippen LogP contribution in [0.3, 0.4) is 0 Å². The third-order valence-corrected chi connectivity index (χ3v) is 3.40. The first-order chi connectivity index (χ1) is 7.79. The van der Waals surface area contributed by atoms with Gasteiger partial charge in [0.25, 0.3) is 0 Å². The van der Waals surface area contributed by atoms with Crippen LogP contribution in [0, 0.1) is 0 Å². The van der Waals surface area contributed by atoms with Gasteiger partial charge in [0, 0.05) is 30.2 Å². The number of alkyl halides is 1. The van der Waals surface area contributed by atoms with Gasteiger partial charge >= 0.3 is 0 Å². The number of hydrogen-bond donors (Lipinski definition) is 0. The van der Waals surface area contributed by atoms with Gasteiger partial charge < -0.3 is 4.90 Å². The van der Waals surface area contributed by atoms with Gasteiger partial charge in [-0.05, 0) is 19.3 Å². The van der Waals surface area contributed by atoms with Crippen LogP contribution in [0.1, 0.15) is 31.9 Å². The Hall–Kier alpha value is -0.830. The summed E-state index contributed by atoms with van der Waals surface area (Å²) in [6.07, 6.45) is 5.93. The van der Waals surface area contributed by atoms with E-state index in [1.54, 1.807) is 6.33 Å². The lowest BCUT2D eigenvalue weighted by molar-refractivity contribution is 0.579. The van der Waals surface area contributed by atoms with E-state index in [1.165, 1.54) is 0 Å². The summed E-state index contributed by atoms with van der Waals surface area (Å²) in [5.41, 5.74) is 1.14. The van der Waals surface area contributed by atoms with Crippen molar-refractivity contribution in [3.63, 3.8) is 0 Å². The van der Waals surface area contributed by atoms with E-state index in [0.717, 1.165) is 50.3 Å². The molecule has 0 bridgehead atoms. The zero-order valence-corrected chi connectivity index (χ0v) is 10.5. The molecule has 0 spiro atoms. The molecule has 16 heavy (non-hydrogen) atoms. The topological polar surface area (TPSA) is 29.0 Å². The molecule has 1 aromatic heterocycles. The minimum absolute atomic E-state index is 0.341. The fraction of sp³-hybridized carbons (Fsp3) is 0.667. The van der Waals surface area contributed by atoms with Crippen LogP contribution in [0.15, 0.2) is 12.4 Å². The first kappa shape index (κ1) is 11.6. The fourth-order valence-corrected chi connectivity index (χ4v) is 2.22. The molecule has 4 heteroatoms. The van der Waals surface area contributed by atoms with Gasteiger partial charge in [-0.15, -0.1) is 11.6 Å². The van der Waals surface area contributed by atoms with Gasteiger partial charge in [-0.2, -0.15) is 0 Å². The molecule has 0 atom stereocenters. The predicted molar refractivity (Wildman–Crippen MR) is 67.1 cm³/mol. The standard InChI is InChI=1S/C12H18ClN3/c1-2-3-11-8-12(15-9-14-11)16-6-4-10(13)5-7-16/h8-10H,2-7H2,1H3. The molecule has 0 unspecified atom stereocenters. The normalized spacial score (nSPS) is 17.8. The molecule has 1 aliphatic heterocycles. The molecule has 0 aliphatic carbocycles. The second-order valence-electron chi connectivity index (χ2n) is 4.28. The number of rotatable bonds is 3. The minimum atomic E-state index is 0.341. The number of anilines is 1. The Morgan fingerprint density at radius 3 is 2.81 bits per heavy atom.